The van der Waals surface area contributed by atoms with Gasteiger partial charge in [-0.25, -0.2) is 0 Å². The van der Waals surface area contributed by atoms with Gasteiger partial charge < -0.3 is 29.7 Å². The Bertz CT molecular complexity index is 2310. The van der Waals surface area contributed by atoms with Crippen molar-refractivity contribution < 1.29 is 29.2 Å². The summed E-state index contributed by atoms with van der Waals surface area (Å²) in [6.07, 6.45) is 21.0. The number of methoxy groups -OCH3 is 1. The summed E-state index contributed by atoms with van der Waals surface area (Å²) in [5.74, 6) is 6.04. The Hall–Kier alpha value is -5.61. The number of hydrogen-bond acceptors (Lipinski definition) is 7. The molecule has 7 nitrogen and oxygen atoms in total. The SMILES string of the molecule is COc1ccc2cc1OCc1ccc3c(c(O)cc4c3c1C=CC4C)CC#COC(CC1C=C(O)C=CC1CCCCc1cccc(NCCCC(C)C)c1)CC(=O)CC2. The Morgan fingerprint density at radius 3 is 2.70 bits per heavy atom. The van der Waals surface area contributed by atoms with Gasteiger partial charge in [0, 0.05) is 43.0 Å². The first-order chi connectivity index (χ1) is 29.1. The van der Waals surface area contributed by atoms with E-state index in [0.717, 1.165) is 76.7 Å². The second-order valence-corrected chi connectivity index (χ2v) is 17.3. The van der Waals surface area contributed by atoms with Crippen molar-refractivity contribution in [3.05, 3.63) is 124 Å². The molecule has 0 fully saturated rings. The molecule has 4 aliphatic rings. The van der Waals surface area contributed by atoms with E-state index in [2.05, 4.69) is 92.7 Å². The number of Topliss-reactive ketones (excluding diaryl/α,β-unsaturated/α-hetero) is 1. The second kappa shape index (κ2) is 20.1. The Kier molecular flexibility index (Phi) is 14.2. The number of phenolic OH excluding ortho intramolecular Hbond substituents is 1. The molecule has 2 aliphatic heterocycles. The summed E-state index contributed by atoms with van der Waals surface area (Å²) >= 11 is 0. The van der Waals surface area contributed by atoms with Gasteiger partial charge in [-0.05, 0) is 144 Å². The third-order valence-corrected chi connectivity index (χ3v) is 12.4. The highest BCUT2D eigenvalue weighted by Gasteiger charge is 2.27. The van der Waals surface area contributed by atoms with Crippen LogP contribution in [0.5, 0.6) is 17.2 Å². The van der Waals surface area contributed by atoms with Crippen LogP contribution in [-0.2, 0) is 35.4 Å². The van der Waals surface area contributed by atoms with Crippen LogP contribution in [0.25, 0.3) is 16.8 Å². The van der Waals surface area contributed by atoms with E-state index in [9.17, 15) is 15.0 Å². The molecule has 7 heteroatoms. The summed E-state index contributed by atoms with van der Waals surface area (Å²) in [6, 6.07) is 20.6. The number of ether oxygens (including phenoxy) is 3. The molecule has 4 aromatic rings. The zero-order valence-corrected chi connectivity index (χ0v) is 35.8. The molecule has 314 valence electrons. The molecule has 4 atom stereocenters. The van der Waals surface area contributed by atoms with Crippen molar-refractivity contribution in [2.75, 3.05) is 19.0 Å². The number of carbonyl (C=O) groups is 1. The average molecular weight is 808 g/mol. The number of anilines is 1. The van der Waals surface area contributed by atoms with Crippen molar-refractivity contribution >= 4 is 28.3 Å². The van der Waals surface area contributed by atoms with Crippen LogP contribution in [0.2, 0.25) is 0 Å². The van der Waals surface area contributed by atoms with Gasteiger partial charge in [-0.1, -0.05) is 81.7 Å². The molecule has 0 amide bonds. The van der Waals surface area contributed by atoms with E-state index in [1.807, 2.05) is 30.3 Å². The van der Waals surface area contributed by atoms with Gasteiger partial charge in [-0.3, -0.25) is 4.79 Å². The molecule has 8 rings (SSSR count). The highest BCUT2D eigenvalue weighted by atomic mass is 16.5. The van der Waals surface area contributed by atoms with Crippen molar-refractivity contribution in [2.24, 2.45) is 17.8 Å². The van der Waals surface area contributed by atoms with E-state index in [0.29, 0.717) is 37.4 Å². The van der Waals surface area contributed by atoms with Gasteiger partial charge in [-0.15, -0.1) is 0 Å². The van der Waals surface area contributed by atoms with Gasteiger partial charge in [0.2, 0.25) is 0 Å². The van der Waals surface area contributed by atoms with Crippen molar-refractivity contribution in [3.8, 4) is 29.3 Å². The highest BCUT2D eigenvalue weighted by Crippen LogP contribution is 2.42. The van der Waals surface area contributed by atoms with Crippen molar-refractivity contribution in [3.63, 3.8) is 0 Å². The van der Waals surface area contributed by atoms with Crippen LogP contribution in [0.1, 0.15) is 111 Å². The number of aliphatic hydroxyl groups excluding tert-OH is 1. The fraction of sp³-hybridized carbons (Fsp3) is 0.415. The van der Waals surface area contributed by atoms with Crippen molar-refractivity contribution in [1.29, 1.82) is 0 Å². The van der Waals surface area contributed by atoms with Gasteiger partial charge in [0.15, 0.2) is 11.5 Å². The number of ketones is 1. The van der Waals surface area contributed by atoms with Crippen LogP contribution in [0, 0.1) is 29.8 Å². The molecule has 0 spiro atoms. The quantitative estimate of drug-likeness (QED) is 0.0914. The third kappa shape index (κ3) is 10.8. The molecule has 0 aromatic heterocycles. The highest BCUT2D eigenvalue weighted by molar-refractivity contribution is 6.00. The number of hydrogen-bond donors (Lipinski definition) is 3. The van der Waals surface area contributed by atoms with E-state index >= 15 is 0 Å². The monoisotopic (exact) mass is 807 g/mol. The van der Waals surface area contributed by atoms with E-state index in [1.54, 1.807) is 13.2 Å². The number of nitrogens with one attached hydrogen (secondary N) is 1. The predicted molar refractivity (Wildman–Crippen MR) is 243 cm³/mol. The molecular formula is C53H61NO6. The third-order valence-electron chi connectivity index (χ3n) is 12.4. The van der Waals surface area contributed by atoms with Gasteiger partial charge in [-0.2, -0.15) is 0 Å². The van der Waals surface area contributed by atoms with E-state index in [4.69, 9.17) is 14.2 Å². The molecule has 4 unspecified atom stereocenters. The summed E-state index contributed by atoms with van der Waals surface area (Å²) in [7, 11) is 1.63. The smallest absolute Gasteiger partial charge is 0.161 e. The minimum absolute atomic E-state index is 0.00962. The van der Waals surface area contributed by atoms with E-state index < -0.39 is 6.10 Å². The first-order valence-electron chi connectivity index (χ1n) is 22.0. The molecule has 3 N–H and O–H groups in total. The topological polar surface area (TPSA) is 97.2 Å². The maximum atomic E-state index is 13.7. The summed E-state index contributed by atoms with van der Waals surface area (Å²) in [5.41, 5.74) is 7.43. The van der Waals surface area contributed by atoms with Crippen LogP contribution in [-0.4, -0.2) is 35.8 Å². The maximum absolute atomic E-state index is 13.7. The normalized spacial score (nSPS) is 20.1. The average Bonchev–Trinajstić information content (AvgIpc) is 3.23. The number of benzene rings is 4. The fourth-order valence-corrected chi connectivity index (χ4v) is 8.99. The van der Waals surface area contributed by atoms with Crippen LogP contribution < -0.4 is 14.8 Å². The maximum Gasteiger partial charge on any atom is 0.161 e. The summed E-state index contributed by atoms with van der Waals surface area (Å²) < 4.78 is 18.4. The number of fused-ring (bicyclic) bond motifs is 9. The number of allylic oxidation sites excluding steroid dienone is 4. The number of phenols is 1. The second-order valence-electron chi connectivity index (χ2n) is 17.3. The molecule has 4 aromatic carbocycles. The largest absolute Gasteiger partial charge is 0.508 e. The van der Waals surface area contributed by atoms with Gasteiger partial charge >= 0.3 is 0 Å². The van der Waals surface area contributed by atoms with Crippen molar-refractivity contribution in [1.82, 2.24) is 0 Å². The van der Waals surface area contributed by atoms with Crippen molar-refractivity contribution in [2.45, 2.75) is 110 Å². The summed E-state index contributed by atoms with van der Waals surface area (Å²) in [4.78, 5) is 13.7. The number of aliphatic hydroxyl groups is 1. The lowest BCUT2D eigenvalue weighted by Gasteiger charge is -2.28. The number of aromatic hydroxyl groups is 1. The van der Waals surface area contributed by atoms with Gasteiger partial charge in [0.25, 0.3) is 0 Å². The zero-order valence-electron chi connectivity index (χ0n) is 35.8. The minimum Gasteiger partial charge on any atom is -0.508 e. The fourth-order valence-electron chi connectivity index (χ4n) is 8.99. The van der Waals surface area contributed by atoms with Gasteiger partial charge in [0.05, 0.1) is 7.11 Å². The van der Waals surface area contributed by atoms with Crippen LogP contribution in [0.15, 0.2) is 90.7 Å². The molecular weight excluding hydrogens is 747 g/mol. The molecule has 60 heavy (non-hydrogen) atoms. The summed E-state index contributed by atoms with van der Waals surface area (Å²) in [5, 5.41) is 27.6. The van der Waals surface area contributed by atoms with E-state index in [-0.39, 0.29) is 47.9 Å². The number of carbonyl (C=O) groups excluding carboxylic acids is 1. The predicted octanol–water partition coefficient (Wildman–Crippen LogP) is 12.0. The minimum atomic E-state index is -0.473. The number of unbranched alkanes of at least 4 members (excludes halogenated alkanes) is 1. The lowest BCUT2D eigenvalue weighted by atomic mass is 9.80. The molecule has 0 radical (unpaired) electrons. The Labute approximate surface area is 356 Å². The van der Waals surface area contributed by atoms with Gasteiger partial charge in [0.1, 0.15) is 36.1 Å². The number of aryl methyl sites for hydroxylation is 2. The van der Waals surface area contributed by atoms with E-state index in [1.165, 1.54) is 24.1 Å². The molecule has 2 aliphatic carbocycles. The Morgan fingerprint density at radius 2 is 1.85 bits per heavy atom. The first kappa shape index (κ1) is 42.5. The molecule has 0 saturated carbocycles. The zero-order chi connectivity index (χ0) is 42.0. The molecule has 6 bridgehead atoms. The molecule has 2 heterocycles. The van der Waals surface area contributed by atoms with Crippen LogP contribution in [0.3, 0.4) is 0 Å². The summed E-state index contributed by atoms with van der Waals surface area (Å²) in [6.45, 7) is 8.00. The van der Waals surface area contributed by atoms with Crippen LogP contribution in [0.4, 0.5) is 5.69 Å². The lowest BCUT2D eigenvalue weighted by molar-refractivity contribution is -0.121. The molecule has 0 saturated heterocycles. The Morgan fingerprint density at radius 1 is 0.967 bits per heavy atom. The first-order valence-corrected chi connectivity index (χ1v) is 22.0. The lowest BCUT2D eigenvalue weighted by Crippen LogP contribution is -2.24. The van der Waals surface area contributed by atoms with Crippen LogP contribution >= 0.6 is 0 Å². The number of rotatable bonds is 13. The Balaban J connectivity index is 1.08. The standard InChI is InChI=1S/C53H61NO6/c1-35(2)10-8-26-54-42-14-7-12-37(28-42)11-5-6-13-39-19-22-43(55)30-41(39)31-45-32-44(56)21-17-38-18-25-51(58-4)52(29-38)60-34-40-20-24-48-47(15-9-27-59-45)50(57)33-49-36(3)16-23-46(40)53(48)49/h7,12,14,16,18-20,22-25,28-30,33,35-36,39,41,45,54-55,57H,5-6,8,10-11,13,15,17,21,26,31-32,34H2,1-4H3.